The molecule has 19 heavy (non-hydrogen) atoms. The lowest BCUT2D eigenvalue weighted by atomic mass is 10.1. The molecule has 1 aliphatic heterocycles. The number of benzene rings is 1. The van der Waals surface area contributed by atoms with Crippen LogP contribution in [0.5, 0.6) is 0 Å². The van der Waals surface area contributed by atoms with Crippen molar-refractivity contribution >= 4 is 5.84 Å². The Hall–Kier alpha value is -1.66. The molecule has 1 aliphatic rings. The lowest BCUT2D eigenvalue weighted by Gasteiger charge is -2.32. The van der Waals surface area contributed by atoms with E-state index in [1.54, 1.807) is 6.07 Å². The van der Waals surface area contributed by atoms with Crippen LogP contribution in [0.25, 0.3) is 0 Å². The maximum atomic E-state index is 13.0. The van der Waals surface area contributed by atoms with Crippen molar-refractivity contribution in [2.24, 2.45) is 10.9 Å². The topological polar surface area (TPSA) is 71.1 Å². The molecule has 1 heterocycles. The number of oxime groups is 1. The predicted molar refractivity (Wildman–Crippen MR) is 69.6 cm³/mol. The minimum absolute atomic E-state index is 0.0838. The summed E-state index contributed by atoms with van der Waals surface area (Å²) in [6.07, 6.45) is -0.389. The van der Waals surface area contributed by atoms with Gasteiger partial charge >= 0.3 is 0 Å². The van der Waals surface area contributed by atoms with Crippen LogP contribution in [0.4, 0.5) is 4.39 Å². The van der Waals surface area contributed by atoms with E-state index in [1.165, 1.54) is 12.1 Å². The number of amidine groups is 1. The van der Waals surface area contributed by atoms with Crippen molar-refractivity contribution in [3.63, 3.8) is 0 Å². The molecule has 0 amide bonds. The molecule has 6 heteroatoms. The van der Waals surface area contributed by atoms with E-state index in [0.717, 1.165) is 17.7 Å². The van der Waals surface area contributed by atoms with Crippen LogP contribution in [0.15, 0.2) is 23.4 Å². The summed E-state index contributed by atoms with van der Waals surface area (Å²) in [6, 6.07) is 4.78. The van der Waals surface area contributed by atoms with Crippen molar-refractivity contribution in [2.45, 2.75) is 19.6 Å². The SMILES string of the molecule is Cc1cc(F)ccc1CN1CCOC(/C(N)=N/O)C1. The predicted octanol–water partition coefficient (Wildman–Crippen LogP) is 1.08. The first-order chi connectivity index (χ1) is 9.10. The quantitative estimate of drug-likeness (QED) is 0.372. The molecule has 1 aromatic rings. The van der Waals surface area contributed by atoms with Crippen molar-refractivity contribution in [2.75, 3.05) is 19.7 Å². The number of halogens is 1. The zero-order valence-electron chi connectivity index (χ0n) is 10.8. The van der Waals surface area contributed by atoms with Crippen molar-refractivity contribution < 1.29 is 14.3 Å². The molecule has 1 saturated heterocycles. The second-order valence-corrected chi connectivity index (χ2v) is 4.69. The minimum Gasteiger partial charge on any atom is -0.409 e. The molecule has 0 aromatic heterocycles. The van der Waals surface area contributed by atoms with Gasteiger partial charge in [-0.05, 0) is 30.2 Å². The Morgan fingerprint density at radius 3 is 3.11 bits per heavy atom. The molecule has 0 bridgehead atoms. The second-order valence-electron chi connectivity index (χ2n) is 4.69. The average Bonchev–Trinajstić information content (AvgIpc) is 2.41. The normalized spacial score (nSPS) is 21.6. The fourth-order valence-electron chi connectivity index (χ4n) is 2.17. The first-order valence-electron chi connectivity index (χ1n) is 6.16. The van der Waals surface area contributed by atoms with E-state index in [9.17, 15) is 4.39 Å². The van der Waals surface area contributed by atoms with Gasteiger partial charge in [-0.25, -0.2) is 4.39 Å². The zero-order chi connectivity index (χ0) is 13.8. The summed E-state index contributed by atoms with van der Waals surface area (Å²) in [7, 11) is 0. The summed E-state index contributed by atoms with van der Waals surface area (Å²) < 4.78 is 18.5. The molecule has 1 aromatic carbocycles. The molecular formula is C13H18FN3O2. The Bertz CT molecular complexity index is 479. The Morgan fingerprint density at radius 1 is 1.63 bits per heavy atom. The van der Waals surface area contributed by atoms with Gasteiger partial charge in [-0.2, -0.15) is 0 Å². The van der Waals surface area contributed by atoms with Gasteiger partial charge in [0.1, 0.15) is 11.9 Å². The molecule has 0 radical (unpaired) electrons. The highest BCUT2D eigenvalue weighted by atomic mass is 19.1. The summed E-state index contributed by atoms with van der Waals surface area (Å²) in [4.78, 5) is 2.15. The van der Waals surface area contributed by atoms with Crippen LogP contribution >= 0.6 is 0 Å². The number of morpholine rings is 1. The maximum absolute atomic E-state index is 13.0. The largest absolute Gasteiger partial charge is 0.409 e. The van der Waals surface area contributed by atoms with E-state index in [0.29, 0.717) is 19.7 Å². The molecule has 104 valence electrons. The summed E-state index contributed by atoms with van der Waals surface area (Å²) >= 11 is 0. The number of nitrogens with zero attached hydrogens (tertiary/aromatic N) is 2. The van der Waals surface area contributed by atoms with Gasteiger partial charge < -0.3 is 15.7 Å². The van der Waals surface area contributed by atoms with E-state index < -0.39 is 0 Å². The van der Waals surface area contributed by atoms with Crippen LogP contribution in [-0.2, 0) is 11.3 Å². The molecule has 3 N–H and O–H groups in total. The number of rotatable bonds is 3. The van der Waals surface area contributed by atoms with Crippen LogP contribution in [0.2, 0.25) is 0 Å². The molecule has 0 spiro atoms. The van der Waals surface area contributed by atoms with Crippen LogP contribution in [0.3, 0.4) is 0 Å². The standard InChI is InChI=1S/C13H18FN3O2/c1-9-6-11(14)3-2-10(9)7-17-4-5-19-12(8-17)13(15)16-18/h2-3,6,12,18H,4-5,7-8H2,1H3,(H2,15,16). The Balaban J connectivity index is 2.02. The number of aryl methyl sites for hydroxylation is 1. The van der Waals surface area contributed by atoms with E-state index in [2.05, 4.69) is 10.1 Å². The number of hydrogen-bond acceptors (Lipinski definition) is 4. The molecule has 0 aliphatic carbocycles. The van der Waals surface area contributed by atoms with Gasteiger partial charge in [-0.1, -0.05) is 11.2 Å². The van der Waals surface area contributed by atoms with Gasteiger partial charge in [0, 0.05) is 19.6 Å². The monoisotopic (exact) mass is 267 g/mol. The van der Waals surface area contributed by atoms with Crippen molar-refractivity contribution in [3.05, 3.63) is 35.1 Å². The number of nitrogens with two attached hydrogens (primary N) is 1. The van der Waals surface area contributed by atoms with Crippen molar-refractivity contribution in [3.8, 4) is 0 Å². The van der Waals surface area contributed by atoms with Gasteiger partial charge in [0.15, 0.2) is 5.84 Å². The van der Waals surface area contributed by atoms with Crippen molar-refractivity contribution in [1.29, 1.82) is 0 Å². The highest BCUT2D eigenvalue weighted by molar-refractivity contribution is 5.84. The van der Waals surface area contributed by atoms with Gasteiger partial charge in [0.2, 0.25) is 0 Å². The third kappa shape index (κ3) is 3.42. The Morgan fingerprint density at radius 2 is 2.42 bits per heavy atom. The fraction of sp³-hybridized carbons (Fsp3) is 0.462. The molecule has 5 nitrogen and oxygen atoms in total. The Kier molecular flexibility index (Phi) is 4.34. The van der Waals surface area contributed by atoms with Crippen LogP contribution < -0.4 is 5.73 Å². The Labute approximate surface area is 111 Å². The molecule has 2 rings (SSSR count). The third-order valence-electron chi connectivity index (χ3n) is 3.29. The van der Waals surface area contributed by atoms with Gasteiger partial charge in [0.05, 0.1) is 6.61 Å². The van der Waals surface area contributed by atoms with Crippen molar-refractivity contribution in [1.82, 2.24) is 4.90 Å². The fourth-order valence-corrected chi connectivity index (χ4v) is 2.17. The average molecular weight is 267 g/mol. The zero-order valence-corrected chi connectivity index (χ0v) is 10.8. The first kappa shape index (κ1) is 13.8. The van der Waals surface area contributed by atoms with Crippen LogP contribution in [-0.4, -0.2) is 41.7 Å². The molecule has 1 unspecified atom stereocenters. The smallest absolute Gasteiger partial charge is 0.169 e. The van der Waals surface area contributed by atoms with E-state index in [4.69, 9.17) is 15.7 Å². The lowest BCUT2D eigenvalue weighted by Crippen LogP contribution is -2.48. The second kappa shape index (κ2) is 5.99. The molecule has 1 atom stereocenters. The third-order valence-corrected chi connectivity index (χ3v) is 3.29. The van der Waals surface area contributed by atoms with Gasteiger partial charge in [-0.15, -0.1) is 0 Å². The van der Waals surface area contributed by atoms with E-state index >= 15 is 0 Å². The van der Waals surface area contributed by atoms with E-state index in [-0.39, 0.29) is 17.8 Å². The maximum Gasteiger partial charge on any atom is 0.169 e. The minimum atomic E-state index is -0.389. The number of hydrogen-bond donors (Lipinski definition) is 2. The summed E-state index contributed by atoms with van der Waals surface area (Å²) in [6.45, 7) is 4.45. The van der Waals surface area contributed by atoms with Crippen LogP contribution in [0.1, 0.15) is 11.1 Å². The molecule has 0 saturated carbocycles. The van der Waals surface area contributed by atoms with E-state index in [1.807, 2.05) is 6.92 Å². The van der Waals surface area contributed by atoms with Crippen LogP contribution in [0, 0.1) is 12.7 Å². The van der Waals surface area contributed by atoms with Gasteiger partial charge in [-0.3, -0.25) is 4.90 Å². The summed E-state index contributed by atoms with van der Waals surface area (Å²) in [5.74, 6) is -0.140. The molecular weight excluding hydrogens is 249 g/mol. The molecule has 1 fully saturated rings. The van der Waals surface area contributed by atoms with Gasteiger partial charge in [0.25, 0.3) is 0 Å². The highest BCUT2D eigenvalue weighted by Gasteiger charge is 2.24. The number of ether oxygens (including phenoxy) is 1. The summed E-state index contributed by atoms with van der Waals surface area (Å²) in [5.41, 5.74) is 7.55. The first-order valence-corrected chi connectivity index (χ1v) is 6.16. The lowest BCUT2D eigenvalue weighted by molar-refractivity contribution is 0.00134. The highest BCUT2D eigenvalue weighted by Crippen LogP contribution is 2.15. The summed E-state index contributed by atoms with van der Waals surface area (Å²) in [5, 5.41) is 11.6.